The SMILES string of the molecule is CC1CC(NC(=O)OC(C)(C)C)CCN1C(=O)OC(C)(C)C. The number of hydrogen-bond donors (Lipinski definition) is 1. The van der Waals surface area contributed by atoms with E-state index in [-0.39, 0.29) is 18.2 Å². The minimum atomic E-state index is -0.507. The number of ether oxygens (including phenoxy) is 2. The van der Waals surface area contributed by atoms with Crippen LogP contribution in [0.25, 0.3) is 0 Å². The Bertz CT molecular complexity index is 409. The van der Waals surface area contributed by atoms with E-state index >= 15 is 0 Å². The van der Waals surface area contributed by atoms with E-state index in [2.05, 4.69) is 5.32 Å². The Hall–Kier alpha value is -1.46. The molecule has 1 aliphatic heterocycles. The number of nitrogens with zero attached hydrogens (tertiary/aromatic N) is 1. The van der Waals surface area contributed by atoms with Crippen molar-refractivity contribution in [2.45, 2.75) is 84.6 Å². The number of piperidine rings is 1. The van der Waals surface area contributed by atoms with Gasteiger partial charge in [0, 0.05) is 18.6 Å². The third-order valence-corrected chi connectivity index (χ3v) is 3.23. The molecule has 1 saturated heterocycles. The second kappa shape index (κ2) is 6.75. The fourth-order valence-electron chi connectivity index (χ4n) is 2.37. The second-order valence-corrected chi connectivity index (χ2v) is 7.89. The summed E-state index contributed by atoms with van der Waals surface area (Å²) in [6, 6.07) is 0.0343. The molecule has 6 heteroatoms. The molecule has 22 heavy (non-hydrogen) atoms. The molecule has 6 nitrogen and oxygen atoms in total. The van der Waals surface area contributed by atoms with Crippen LogP contribution in [0.15, 0.2) is 0 Å². The molecule has 0 bridgehead atoms. The first-order valence-electron chi connectivity index (χ1n) is 7.86. The number of hydrogen-bond acceptors (Lipinski definition) is 4. The number of carbonyl (C=O) groups excluding carboxylic acids is 2. The molecule has 0 aromatic rings. The summed E-state index contributed by atoms with van der Waals surface area (Å²) < 4.78 is 10.7. The van der Waals surface area contributed by atoms with Crippen molar-refractivity contribution < 1.29 is 19.1 Å². The zero-order valence-electron chi connectivity index (χ0n) is 14.9. The third-order valence-electron chi connectivity index (χ3n) is 3.23. The standard InChI is InChI=1S/C16H30N2O4/c1-11-10-12(17-13(19)21-15(2,3)4)8-9-18(11)14(20)22-16(5,6)7/h11-12H,8-10H2,1-7H3,(H,17,19). The Kier molecular flexibility index (Phi) is 5.70. The molecule has 0 saturated carbocycles. The van der Waals surface area contributed by atoms with E-state index in [0.29, 0.717) is 19.4 Å². The Morgan fingerprint density at radius 2 is 1.59 bits per heavy atom. The topological polar surface area (TPSA) is 67.9 Å². The predicted octanol–water partition coefficient (Wildman–Crippen LogP) is 3.30. The Morgan fingerprint density at radius 3 is 2.05 bits per heavy atom. The molecule has 0 aliphatic carbocycles. The number of carbonyl (C=O) groups is 2. The van der Waals surface area contributed by atoms with Crippen LogP contribution in [0.4, 0.5) is 9.59 Å². The third kappa shape index (κ3) is 6.54. The lowest BCUT2D eigenvalue weighted by atomic mass is 9.99. The largest absolute Gasteiger partial charge is 0.444 e. The number of likely N-dealkylation sites (tertiary alicyclic amines) is 1. The molecule has 1 aliphatic rings. The van der Waals surface area contributed by atoms with Gasteiger partial charge in [0.25, 0.3) is 0 Å². The van der Waals surface area contributed by atoms with Gasteiger partial charge in [-0.05, 0) is 61.3 Å². The number of nitrogens with one attached hydrogen (secondary N) is 1. The zero-order chi connectivity index (χ0) is 17.1. The van der Waals surface area contributed by atoms with Gasteiger partial charge < -0.3 is 19.7 Å². The first-order valence-corrected chi connectivity index (χ1v) is 7.86. The van der Waals surface area contributed by atoms with Crippen LogP contribution in [0.5, 0.6) is 0 Å². The lowest BCUT2D eigenvalue weighted by Gasteiger charge is -2.38. The van der Waals surface area contributed by atoms with E-state index in [0.717, 1.165) is 0 Å². The Balaban J connectivity index is 2.49. The van der Waals surface area contributed by atoms with Crippen LogP contribution in [-0.2, 0) is 9.47 Å². The monoisotopic (exact) mass is 314 g/mol. The highest BCUT2D eigenvalue weighted by atomic mass is 16.6. The Labute approximate surface area is 133 Å². The maximum Gasteiger partial charge on any atom is 0.410 e. The van der Waals surface area contributed by atoms with Gasteiger partial charge in [-0.3, -0.25) is 0 Å². The van der Waals surface area contributed by atoms with E-state index < -0.39 is 17.3 Å². The van der Waals surface area contributed by atoms with Crippen molar-refractivity contribution >= 4 is 12.2 Å². The minimum Gasteiger partial charge on any atom is -0.444 e. The maximum absolute atomic E-state index is 12.1. The average molecular weight is 314 g/mol. The van der Waals surface area contributed by atoms with E-state index in [4.69, 9.17) is 9.47 Å². The van der Waals surface area contributed by atoms with Gasteiger partial charge in [0.15, 0.2) is 0 Å². The lowest BCUT2D eigenvalue weighted by molar-refractivity contribution is 0.00842. The summed E-state index contributed by atoms with van der Waals surface area (Å²) in [4.78, 5) is 25.7. The fourth-order valence-corrected chi connectivity index (χ4v) is 2.37. The van der Waals surface area contributed by atoms with Gasteiger partial charge in [-0.1, -0.05) is 0 Å². The van der Waals surface area contributed by atoms with Gasteiger partial charge in [-0.2, -0.15) is 0 Å². The van der Waals surface area contributed by atoms with Crippen molar-refractivity contribution in [3.05, 3.63) is 0 Å². The molecule has 0 aromatic carbocycles. The number of rotatable bonds is 1. The minimum absolute atomic E-state index is 0.0172. The number of alkyl carbamates (subject to hydrolysis) is 1. The Morgan fingerprint density at radius 1 is 1.05 bits per heavy atom. The molecular formula is C16H30N2O4. The predicted molar refractivity (Wildman–Crippen MR) is 84.8 cm³/mol. The van der Waals surface area contributed by atoms with Gasteiger partial charge in [0.2, 0.25) is 0 Å². The molecule has 0 radical (unpaired) electrons. The lowest BCUT2D eigenvalue weighted by Crippen LogP contribution is -2.52. The highest BCUT2D eigenvalue weighted by Crippen LogP contribution is 2.21. The summed E-state index contributed by atoms with van der Waals surface area (Å²) in [5, 5.41) is 2.87. The van der Waals surface area contributed by atoms with Crippen molar-refractivity contribution in [3.8, 4) is 0 Å². The van der Waals surface area contributed by atoms with Crippen LogP contribution >= 0.6 is 0 Å². The van der Waals surface area contributed by atoms with Crippen LogP contribution in [0, 0.1) is 0 Å². The molecule has 1 rings (SSSR count). The quantitative estimate of drug-likeness (QED) is 0.806. The van der Waals surface area contributed by atoms with E-state index in [9.17, 15) is 9.59 Å². The van der Waals surface area contributed by atoms with Gasteiger partial charge in [-0.25, -0.2) is 9.59 Å². The van der Waals surface area contributed by atoms with E-state index in [1.165, 1.54) is 0 Å². The summed E-state index contributed by atoms with van der Waals surface area (Å²) >= 11 is 0. The summed E-state index contributed by atoms with van der Waals surface area (Å²) in [6.45, 7) is 13.6. The van der Waals surface area contributed by atoms with Gasteiger partial charge in [-0.15, -0.1) is 0 Å². The summed E-state index contributed by atoms with van der Waals surface area (Å²) in [7, 11) is 0. The molecule has 128 valence electrons. The van der Waals surface area contributed by atoms with E-state index in [1.807, 2.05) is 48.5 Å². The van der Waals surface area contributed by atoms with Crippen molar-refractivity contribution in [2.75, 3.05) is 6.54 Å². The summed E-state index contributed by atoms with van der Waals surface area (Å²) in [5.74, 6) is 0. The molecule has 0 aromatic heterocycles. The summed E-state index contributed by atoms with van der Waals surface area (Å²) in [5.41, 5.74) is -1.00. The first kappa shape index (κ1) is 18.6. The van der Waals surface area contributed by atoms with Gasteiger partial charge in [0.05, 0.1) is 0 Å². The molecule has 2 amide bonds. The van der Waals surface area contributed by atoms with Crippen LogP contribution in [0.1, 0.15) is 61.3 Å². The normalized spacial score (nSPS) is 23.0. The van der Waals surface area contributed by atoms with Crippen LogP contribution in [0.2, 0.25) is 0 Å². The second-order valence-electron chi connectivity index (χ2n) is 7.89. The van der Waals surface area contributed by atoms with Gasteiger partial charge in [0.1, 0.15) is 11.2 Å². The molecule has 1 N–H and O–H groups in total. The maximum atomic E-state index is 12.1. The van der Waals surface area contributed by atoms with Crippen LogP contribution < -0.4 is 5.32 Å². The van der Waals surface area contributed by atoms with Crippen molar-refractivity contribution in [3.63, 3.8) is 0 Å². The van der Waals surface area contributed by atoms with Crippen molar-refractivity contribution in [1.29, 1.82) is 0 Å². The molecule has 1 fully saturated rings. The van der Waals surface area contributed by atoms with Crippen LogP contribution in [-0.4, -0.2) is 46.9 Å². The van der Waals surface area contributed by atoms with E-state index in [1.54, 1.807) is 4.90 Å². The zero-order valence-corrected chi connectivity index (χ0v) is 14.9. The molecule has 2 unspecified atom stereocenters. The molecular weight excluding hydrogens is 284 g/mol. The molecule has 2 atom stereocenters. The highest BCUT2D eigenvalue weighted by molar-refractivity contribution is 5.69. The number of amides is 2. The first-order chi connectivity index (χ1) is 9.87. The van der Waals surface area contributed by atoms with Crippen molar-refractivity contribution in [2.24, 2.45) is 0 Å². The molecule has 1 heterocycles. The molecule has 0 spiro atoms. The smallest absolute Gasteiger partial charge is 0.410 e. The average Bonchev–Trinajstić information content (AvgIpc) is 2.23. The fraction of sp³-hybridized carbons (Fsp3) is 0.875. The van der Waals surface area contributed by atoms with Crippen LogP contribution in [0.3, 0.4) is 0 Å². The van der Waals surface area contributed by atoms with Crippen molar-refractivity contribution in [1.82, 2.24) is 10.2 Å². The van der Waals surface area contributed by atoms with Gasteiger partial charge >= 0.3 is 12.2 Å². The summed E-state index contributed by atoms with van der Waals surface area (Å²) in [6.07, 6.45) is 0.688. The highest BCUT2D eigenvalue weighted by Gasteiger charge is 2.32.